The Hall–Kier alpha value is -0.883. The van der Waals surface area contributed by atoms with Gasteiger partial charge < -0.3 is 9.99 Å². The van der Waals surface area contributed by atoms with Gasteiger partial charge in [0.2, 0.25) is 10.5 Å². The van der Waals surface area contributed by atoms with Crippen molar-refractivity contribution in [2.75, 3.05) is 0 Å². The molecular formula is C5H10O5Si. The fraction of sp³-hybridized carbons (Fsp3) is 0.600. The minimum atomic E-state index is -0.912. The first kappa shape index (κ1) is 10.1. The van der Waals surface area contributed by atoms with Crippen LogP contribution in [-0.2, 0) is 19.1 Å². The highest BCUT2D eigenvalue weighted by atomic mass is 28.2. The van der Waals surface area contributed by atoms with Gasteiger partial charge in [0.25, 0.3) is 0 Å². The zero-order valence-electron chi connectivity index (χ0n) is 6.20. The molecule has 6 heteroatoms. The molecule has 0 rings (SSSR count). The fourth-order valence-electron chi connectivity index (χ4n) is 0.519. The van der Waals surface area contributed by atoms with Crippen molar-refractivity contribution in [3.63, 3.8) is 0 Å². The quantitative estimate of drug-likeness (QED) is 0.332. The summed E-state index contributed by atoms with van der Waals surface area (Å²) in [5.41, 5.74) is 0. The van der Waals surface area contributed by atoms with Gasteiger partial charge in [-0.1, -0.05) is 0 Å². The van der Waals surface area contributed by atoms with E-state index in [0.29, 0.717) is 16.9 Å². The van der Waals surface area contributed by atoms with E-state index >= 15 is 0 Å². The molecule has 0 aliphatic heterocycles. The van der Waals surface area contributed by atoms with Gasteiger partial charge in [-0.2, -0.15) is 0 Å². The monoisotopic (exact) mass is 178 g/mol. The van der Waals surface area contributed by atoms with E-state index in [4.69, 9.17) is 5.11 Å². The second-order valence-electron chi connectivity index (χ2n) is 1.87. The minimum absolute atomic E-state index is 0.0176. The van der Waals surface area contributed by atoms with E-state index in [2.05, 4.69) is 9.46 Å². The Balaban J connectivity index is 3.24. The summed E-state index contributed by atoms with van der Waals surface area (Å²) in [5.74, 6) is -1.43. The number of aliphatic carboxylic acids is 1. The Morgan fingerprint density at radius 2 is 2.00 bits per heavy atom. The largest absolute Gasteiger partial charge is 0.481 e. The van der Waals surface area contributed by atoms with Crippen molar-refractivity contribution in [1.29, 1.82) is 0 Å². The summed E-state index contributed by atoms with van der Waals surface area (Å²) in [6.07, 6.45) is 0.365. The highest BCUT2D eigenvalue weighted by Gasteiger charge is 2.04. The Morgan fingerprint density at radius 1 is 1.36 bits per heavy atom. The lowest BCUT2D eigenvalue weighted by molar-refractivity contribution is -0.212. The van der Waals surface area contributed by atoms with Gasteiger partial charge in [-0.15, -0.1) is 0 Å². The number of carboxylic acid groups (broad SMARTS) is 1. The lowest BCUT2D eigenvalue weighted by Crippen LogP contribution is -2.04. The molecular weight excluding hydrogens is 168 g/mol. The highest BCUT2D eigenvalue weighted by Crippen LogP contribution is 1.96. The molecule has 0 bridgehead atoms. The number of rotatable bonds is 5. The van der Waals surface area contributed by atoms with Gasteiger partial charge >= 0.3 is 11.9 Å². The summed E-state index contributed by atoms with van der Waals surface area (Å²) in [5, 5.41) is 8.18. The Labute approximate surface area is 66.8 Å². The van der Waals surface area contributed by atoms with Crippen LogP contribution >= 0.6 is 0 Å². The third-order valence-corrected chi connectivity index (χ3v) is 1.11. The number of carboxylic acids is 1. The van der Waals surface area contributed by atoms with Gasteiger partial charge in [0.15, 0.2) is 0 Å². The van der Waals surface area contributed by atoms with Crippen molar-refractivity contribution in [2.24, 2.45) is 0 Å². The summed E-state index contributed by atoms with van der Waals surface area (Å²) in [7, 11) is 0.333. The Kier molecular flexibility index (Phi) is 5.40. The molecule has 0 fully saturated rings. The van der Waals surface area contributed by atoms with E-state index in [0.717, 1.165) is 0 Å². The third-order valence-electron chi connectivity index (χ3n) is 0.948. The first-order valence-electron chi connectivity index (χ1n) is 3.12. The molecule has 0 aromatic heterocycles. The van der Waals surface area contributed by atoms with E-state index in [1.165, 1.54) is 0 Å². The predicted molar refractivity (Wildman–Crippen MR) is 38.6 cm³/mol. The normalized spacial score (nSPS) is 9.45. The van der Waals surface area contributed by atoms with Crippen LogP contribution < -0.4 is 0 Å². The molecule has 0 amide bonds. The van der Waals surface area contributed by atoms with Gasteiger partial charge in [-0.05, 0) is 6.42 Å². The molecule has 1 N–H and O–H groups in total. The Bertz CT molecular complexity index is 146. The van der Waals surface area contributed by atoms with Crippen molar-refractivity contribution in [1.82, 2.24) is 0 Å². The molecule has 0 atom stereocenters. The summed E-state index contributed by atoms with van der Waals surface area (Å²) < 4.78 is 4.20. The van der Waals surface area contributed by atoms with Crippen LogP contribution in [0.3, 0.4) is 0 Å². The van der Waals surface area contributed by atoms with Crippen molar-refractivity contribution in [3.05, 3.63) is 0 Å². The van der Waals surface area contributed by atoms with Gasteiger partial charge in [0.1, 0.15) is 0 Å². The van der Waals surface area contributed by atoms with E-state index < -0.39 is 11.9 Å². The number of hydrogen-bond acceptors (Lipinski definition) is 4. The van der Waals surface area contributed by atoms with E-state index in [-0.39, 0.29) is 12.8 Å². The lowest BCUT2D eigenvalue weighted by atomic mass is 10.2. The number of carbonyl (C=O) groups excluding carboxylic acids is 1. The second kappa shape index (κ2) is 5.87. The molecule has 0 heterocycles. The molecule has 0 spiro atoms. The molecule has 0 aromatic rings. The zero-order chi connectivity index (χ0) is 8.69. The Morgan fingerprint density at radius 3 is 2.45 bits per heavy atom. The van der Waals surface area contributed by atoms with Crippen LogP contribution in [0.2, 0.25) is 0 Å². The van der Waals surface area contributed by atoms with Crippen molar-refractivity contribution in [3.8, 4) is 0 Å². The van der Waals surface area contributed by atoms with Crippen LogP contribution in [-0.4, -0.2) is 27.5 Å². The molecule has 0 aromatic carbocycles. The van der Waals surface area contributed by atoms with Crippen molar-refractivity contribution in [2.45, 2.75) is 19.3 Å². The summed E-state index contributed by atoms with van der Waals surface area (Å²) >= 11 is 0. The fourth-order valence-corrected chi connectivity index (χ4v) is 0.704. The maximum atomic E-state index is 10.5. The van der Waals surface area contributed by atoms with Gasteiger partial charge in [-0.25, -0.2) is 4.79 Å². The molecule has 5 nitrogen and oxygen atoms in total. The third kappa shape index (κ3) is 7.01. The molecule has 0 saturated heterocycles. The number of hydrogen-bond donors (Lipinski definition) is 1. The van der Waals surface area contributed by atoms with E-state index in [9.17, 15) is 9.59 Å². The minimum Gasteiger partial charge on any atom is -0.481 e. The van der Waals surface area contributed by atoms with Crippen LogP contribution in [0.25, 0.3) is 0 Å². The zero-order valence-corrected chi connectivity index (χ0v) is 8.20. The molecule has 0 saturated carbocycles. The average Bonchev–Trinajstić information content (AvgIpc) is 1.87. The van der Waals surface area contributed by atoms with E-state index in [1.807, 2.05) is 0 Å². The van der Waals surface area contributed by atoms with Gasteiger partial charge in [-0.3, -0.25) is 9.37 Å². The van der Waals surface area contributed by atoms with Gasteiger partial charge in [0.05, 0.1) is 0 Å². The average molecular weight is 178 g/mol. The predicted octanol–water partition coefficient (Wildman–Crippen LogP) is -1.00. The van der Waals surface area contributed by atoms with Crippen LogP contribution in [0.5, 0.6) is 0 Å². The highest BCUT2D eigenvalue weighted by molar-refractivity contribution is 5.97. The van der Waals surface area contributed by atoms with Crippen LogP contribution in [0.1, 0.15) is 19.3 Å². The topological polar surface area (TPSA) is 72.8 Å². The standard InChI is InChI=1S/C5H10O5Si/c6-4(7)2-1-3-5(8)9-10-11/h1-3H2,11H3,(H,6,7). The summed E-state index contributed by atoms with van der Waals surface area (Å²) in [6.45, 7) is 0. The first-order valence-corrected chi connectivity index (χ1v) is 3.93. The molecule has 11 heavy (non-hydrogen) atoms. The first-order chi connectivity index (χ1) is 5.16. The van der Waals surface area contributed by atoms with Crippen molar-refractivity contribution >= 4 is 22.4 Å². The molecule has 0 radical (unpaired) electrons. The summed E-state index contributed by atoms with van der Waals surface area (Å²) in [4.78, 5) is 24.6. The lowest BCUT2D eigenvalue weighted by Gasteiger charge is -1.97. The summed E-state index contributed by atoms with van der Waals surface area (Å²) in [6, 6.07) is 0. The SMILES string of the molecule is O=C(O)CCCC(=O)OO[SiH3]. The maximum Gasteiger partial charge on any atom is 0.340 e. The van der Waals surface area contributed by atoms with Gasteiger partial charge in [0, 0.05) is 12.8 Å². The van der Waals surface area contributed by atoms with Crippen LogP contribution in [0.4, 0.5) is 0 Å². The number of carbonyl (C=O) groups is 2. The molecule has 0 aliphatic carbocycles. The second-order valence-corrected chi connectivity index (χ2v) is 2.20. The van der Waals surface area contributed by atoms with Crippen LogP contribution in [0, 0.1) is 0 Å². The van der Waals surface area contributed by atoms with Crippen molar-refractivity contribution < 1.29 is 24.2 Å². The van der Waals surface area contributed by atoms with E-state index in [1.54, 1.807) is 0 Å². The molecule has 0 unspecified atom stereocenters. The van der Waals surface area contributed by atoms with Crippen LogP contribution in [0.15, 0.2) is 0 Å². The maximum absolute atomic E-state index is 10.5. The smallest absolute Gasteiger partial charge is 0.340 e. The molecule has 64 valence electrons. The molecule has 0 aliphatic rings.